The molecule has 1 amide bonds. The van der Waals surface area contributed by atoms with Gasteiger partial charge in [0, 0.05) is 66.8 Å². The van der Waals surface area contributed by atoms with E-state index in [4.69, 9.17) is 10.7 Å². The minimum Gasteiger partial charge on any atom is -0.404 e. The first kappa shape index (κ1) is 21.2. The summed E-state index contributed by atoms with van der Waals surface area (Å²) in [7, 11) is 1.53. The zero-order valence-electron chi connectivity index (χ0n) is 18.1. The Hall–Kier alpha value is -3.69. The molecule has 0 saturated heterocycles. The number of hydrogen-bond acceptors (Lipinski definition) is 6. The summed E-state index contributed by atoms with van der Waals surface area (Å²) in [6, 6.07) is 3.19. The van der Waals surface area contributed by atoms with Crippen molar-refractivity contribution in [1.29, 1.82) is 0 Å². The fourth-order valence-electron chi connectivity index (χ4n) is 4.39. The quantitative estimate of drug-likeness (QED) is 0.458. The fraction of sp³-hybridized carbons (Fsp3) is 0.348. The van der Waals surface area contributed by atoms with Crippen LogP contribution in [0, 0.1) is 0 Å². The van der Waals surface area contributed by atoms with Gasteiger partial charge in [-0.15, -0.1) is 0 Å². The number of carbonyl (C=O) groups excluding carboxylic acids is 1. The van der Waals surface area contributed by atoms with Gasteiger partial charge in [-0.1, -0.05) is 0 Å². The third kappa shape index (κ3) is 3.65. The number of nitrogens with zero attached hydrogens (tertiary/aromatic N) is 6. The molecule has 3 aromatic rings. The van der Waals surface area contributed by atoms with Crippen molar-refractivity contribution in [3.05, 3.63) is 47.3 Å². The number of amides is 1. The number of fused-ring (bicyclic) bond motifs is 2. The number of halogens is 2. The monoisotopic (exact) mass is 451 g/mol. The summed E-state index contributed by atoms with van der Waals surface area (Å²) in [5, 5.41) is 0.479. The van der Waals surface area contributed by atoms with Crippen molar-refractivity contribution in [2.24, 2.45) is 10.7 Å². The lowest BCUT2D eigenvalue weighted by Crippen LogP contribution is -2.33. The smallest absolute Gasteiger partial charge is 0.265 e. The van der Waals surface area contributed by atoms with Crippen LogP contribution in [0.25, 0.3) is 27.9 Å². The molecule has 2 N–H and O–H groups in total. The van der Waals surface area contributed by atoms with Gasteiger partial charge in [0.05, 0.1) is 23.6 Å². The van der Waals surface area contributed by atoms with E-state index in [1.165, 1.54) is 25.5 Å². The summed E-state index contributed by atoms with van der Waals surface area (Å²) in [5.41, 5.74) is 8.33. The lowest BCUT2D eigenvalue weighted by molar-refractivity contribution is -0.119. The number of nitrogens with two attached hydrogens (primary N) is 1. The molecule has 1 fully saturated rings. The van der Waals surface area contributed by atoms with Crippen LogP contribution in [0.15, 0.2) is 29.5 Å². The highest BCUT2D eigenvalue weighted by atomic mass is 19.3. The van der Waals surface area contributed by atoms with E-state index >= 15 is 0 Å². The molecule has 0 unspecified atom stereocenters. The first-order chi connectivity index (χ1) is 16.0. The van der Waals surface area contributed by atoms with E-state index in [-0.39, 0.29) is 11.3 Å². The molecular formula is C23H23F2N7O. The second-order valence-electron chi connectivity index (χ2n) is 8.23. The SMILES string of the molecule is CN=CC(=CN)c1nc2nccc(-c3nc(C4CC4)n4c3CN(C=O)CC4)c2cc1C(F)F. The summed E-state index contributed by atoms with van der Waals surface area (Å²) in [6.45, 7) is 1.71. The van der Waals surface area contributed by atoms with Gasteiger partial charge in [0.1, 0.15) is 5.82 Å². The minimum absolute atomic E-state index is 0.0490. The van der Waals surface area contributed by atoms with Gasteiger partial charge >= 0.3 is 0 Å². The second-order valence-corrected chi connectivity index (χ2v) is 8.23. The number of hydrogen-bond donors (Lipinski definition) is 1. The molecular weight excluding hydrogens is 428 g/mol. The van der Waals surface area contributed by atoms with E-state index in [2.05, 4.69) is 19.5 Å². The highest BCUT2D eigenvalue weighted by Crippen LogP contribution is 2.43. The van der Waals surface area contributed by atoms with E-state index in [0.717, 1.165) is 30.8 Å². The molecule has 170 valence electrons. The average molecular weight is 451 g/mol. The summed E-state index contributed by atoms with van der Waals surface area (Å²) in [6.07, 6.45) is 4.42. The molecule has 5 rings (SSSR count). The lowest BCUT2D eigenvalue weighted by atomic mass is 10.0. The molecule has 2 aliphatic rings. The zero-order chi connectivity index (χ0) is 23.1. The Bertz CT molecular complexity index is 1290. The third-order valence-corrected chi connectivity index (χ3v) is 6.13. The number of aliphatic imine (C=N–C) groups is 1. The number of carbonyl (C=O) groups is 1. The molecule has 4 heterocycles. The maximum atomic E-state index is 14.1. The predicted octanol–water partition coefficient (Wildman–Crippen LogP) is 3.28. The van der Waals surface area contributed by atoms with Gasteiger partial charge in [-0.25, -0.2) is 23.7 Å². The molecule has 1 aliphatic carbocycles. The van der Waals surface area contributed by atoms with E-state index < -0.39 is 6.43 Å². The fourth-order valence-corrected chi connectivity index (χ4v) is 4.39. The van der Waals surface area contributed by atoms with Crippen molar-refractivity contribution >= 4 is 29.2 Å². The standard InChI is InChI=1S/C23H23F2N7O/c1-27-10-14(9-26)19-17(21(24)25)8-16-15(4-5-28-22(16)29-19)20-18-11-31(12-33)6-7-32(18)23(30-20)13-2-3-13/h4-5,8-10,12-13,21H,2-3,6-7,11,26H2,1H3. The lowest BCUT2D eigenvalue weighted by Gasteiger charge is -2.26. The number of imidazole rings is 1. The van der Waals surface area contributed by atoms with Crippen LogP contribution >= 0.6 is 0 Å². The molecule has 0 bridgehead atoms. The minimum atomic E-state index is -2.77. The maximum Gasteiger partial charge on any atom is 0.265 e. The molecule has 0 atom stereocenters. The van der Waals surface area contributed by atoms with Gasteiger partial charge in [-0.2, -0.15) is 0 Å². The van der Waals surface area contributed by atoms with Crippen molar-refractivity contribution in [2.75, 3.05) is 13.6 Å². The maximum absolute atomic E-state index is 14.1. The van der Waals surface area contributed by atoms with E-state index in [1.54, 1.807) is 17.2 Å². The summed E-state index contributed by atoms with van der Waals surface area (Å²) < 4.78 is 30.3. The van der Waals surface area contributed by atoms with Crippen LogP contribution in [0.2, 0.25) is 0 Å². The predicted molar refractivity (Wildman–Crippen MR) is 121 cm³/mol. The van der Waals surface area contributed by atoms with E-state index in [0.29, 0.717) is 53.4 Å². The van der Waals surface area contributed by atoms with Gasteiger partial charge in [0.2, 0.25) is 6.41 Å². The van der Waals surface area contributed by atoms with Crippen molar-refractivity contribution in [1.82, 2.24) is 24.4 Å². The Kier molecular flexibility index (Phi) is 5.35. The highest BCUT2D eigenvalue weighted by molar-refractivity contribution is 6.10. The third-order valence-electron chi connectivity index (χ3n) is 6.13. The molecule has 10 heteroatoms. The Balaban J connectivity index is 1.73. The number of alkyl halides is 2. The Morgan fingerprint density at radius 1 is 1.30 bits per heavy atom. The summed E-state index contributed by atoms with van der Waals surface area (Å²) >= 11 is 0. The zero-order valence-corrected chi connectivity index (χ0v) is 18.1. The van der Waals surface area contributed by atoms with E-state index in [1.807, 2.05) is 0 Å². The molecule has 1 saturated carbocycles. The molecule has 3 aromatic heterocycles. The Morgan fingerprint density at radius 2 is 2.12 bits per heavy atom. The normalized spacial score (nSPS) is 16.7. The van der Waals surface area contributed by atoms with Crippen molar-refractivity contribution in [2.45, 2.75) is 38.3 Å². The first-order valence-corrected chi connectivity index (χ1v) is 10.8. The number of pyridine rings is 2. The van der Waals surface area contributed by atoms with Gasteiger partial charge in [0.25, 0.3) is 6.43 Å². The molecule has 0 spiro atoms. The second kappa shape index (κ2) is 8.34. The van der Waals surface area contributed by atoms with Crippen LogP contribution in [0.5, 0.6) is 0 Å². The topological polar surface area (TPSA) is 102 Å². The molecule has 0 radical (unpaired) electrons. The van der Waals surface area contributed by atoms with Gasteiger partial charge in [-0.3, -0.25) is 9.79 Å². The van der Waals surface area contributed by atoms with Crippen LogP contribution in [0.1, 0.15) is 48.0 Å². The van der Waals surface area contributed by atoms with Crippen molar-refractivity contribution in [3.8, 4) is 11.3 Å². The van der Waals surface area contributed by atoms with Crippen LogP contribution < -0.4 is 5.73 Å². The van der Waals surface area contributed by atoms with E-state index in [9.17, 15) is 13.6 Å². The van der Waals surface area contributed by atoms with Gasteiger partial charge < -0.3 is 15.2 Å². The van der Waals surface area contributed by atoms with Crippen LogP contribution in [0.3, 0.4) is 0 Å². The largest absolute Gasteiger partial charge is 0.404 e. The summed E-state index contributed by atoms with van der Waals surface area (Å²) in [5.74, 6) is 1.40. The highest BCUT2D eigenvalue weighted by Gasteiger charge is 2.34. The summed E-state index contributed by atoms with van der Waals surface area (Å²) in [4.78, 5) is 30.8. The number of allylic oxidation sites excluding steroid dienone is 1. The molecule has 1 aliphatic heterocycles. The van der Waals surface area contributed by atoms with Gasteiger partial charge in [0.15, 0.2) is 5.65 Å². The van der Waals surface area contributed by atoms with Crippen molar-refractivity contribution in [3.63, 3.8) is 0 Å². The molecule has 0 aromatic carbocycles. The van der Waals surface area contributed by atoms with Crippen LogP contribution in [0.4, 0.5) is 8.78 Å². The molecule has 33 heavy (non-hydrogen) atoms. The van der Waals surface area contributed by atoms with Crippen LogP contribution in [-0.4, -0.2) is 50.6 Å². The number of aromatic nitrogens is 4. The van der Waals surface area contributed by atoms with Crippen molar-refractivity contribution < 1.29 is 13.6 Å². The Morgan fingerprint density at radius 3 is 2.79 bits per heavy atom. The molecule has 8 nitrogen and oxygen atoms in total. The first-order valence-electron chi connectivity index (χ1n) is 10.8. The number of rotatable bonds is 6. The Labute approximate surface area is 188 Å². The van der Waals surface area contributed by atoms with Gasteiger partial charge in [-0.05, 0) is 25.0 Å². The average Bonchev–Trinajstić information content (AvgIpc) is 3.61. The van der Waals surface area contributed by atoms with Crippen LogP contribution in [-0.2, 0) is 17.9 Å².